The van der Waals surface area contributed by atoms with Crippen LogP contribution in [0.3, 0.4) is 0 Å². The molecule has 0 aromatic heterocycles. The number of sulfonamides is 1. The topological polar surface area (TPSA) is 69.7 Å². The van der Waals surface area contributed by atoms with E-state index >= 15 is 0 Å². The normalized spacial score (nSPS) is 14.8. The van der Waals surface area contributed by atoms with Crippen LogP contribution in [0.4, 0.5) is 11.4 Å². The Kier molecular flexibility index (Phi) is 7.99. The third-order valence-corrected chi connectivity index (χ3v) is 8.68. The highest BCUT2D eigenvalue weighted by atomic mass is 32.2. The second-order valence-electron chi connectivity index (χ2n) is 9.52. The van der Waals surface area contributed by atoms with Crippen molar-refractivity contribution in [3.8, 4) is 0 Å². The zero-order valence-corrected chi connectivity index (χ0v) is 22.1. The number of aryl methyl sites for hydroxylation is 2. The number of rotatable bonds is 8. The predicted octanol–water partition coefficient (Wildman–Crippen LogP) is 5.37. The van der Waals surface area contributed by atoms with Crippen LogP contribution in [0, 0.1) is 13.8 Å². The summed E-state index contributed by atoms with van der Waals surface area (Å²) in [6.07, 6.45) is 3.73. The highest BCUT2D eigenvalue weighted by Gasteiger charge is 2.28. The van der Waals surface area contributed by atoms with Crippen molar-refractivity contribution in [2.24, 2.45) is 0 Å². The number of amides is 1. The molecular weight excluding hydrogens is 470 g/mol. The molecule has 3 aromatic carbocycles. The first kappa shape index (κ1) is 25.8. The van der Waals surface area contributed by atoms with Gasteiger partial charge in [0, 0.05) is 18.8 Å². The number of piperidine rings is 1. The largest absolute Gasteiger partial charge is 0.372 e. The third kappa shape index (κ3) is 5.90. The lowest BCUT2D eigenvalue weighted by Crippen LogP contribution is -2.41. The van der Waals surface area contributed by atoms with Crippen LogP contribution < -0.4 is 14.5 Å². The summed E-state index contributed by atoms with van der Waals surface area (Å²) in [4.78, 5) is 15.7. The Balaban J connectivity index is 1.51. The minimum absolute atomic E-state index is 0.150. The first-order valence-electron chi connectivity index (χ1n) is 12.5. The molecule has 1 saturated heterocycles. The molecular formula is C29H35N3O3S. The average Bonchev–Trinajstić information content (AvgIpc) is 2.90. The van der Waals surface area contributed by atoms with Gasteiger partial charge in [-0.05, 0) is 93.1 Å². The number of benzene rings is 3. The van der Waals surface area contributed by atoms with Crippen molar-refractivity contribution in [3.05, 3.63) is 89.5 Å². The number of hydrogen-bond donors (Lipinski definition) is 1. The molecule has 6 nitrogen and oxygen atoms in total. The van der Waals surface area contributed by atoms with E-state index in [1.54, 1.807) is 36.4 Å². The molecule has 1 N–H and O–H groups in total. The molecule has 1 amide bonds. The highest BCUT2D eigenvalue weighted by Crippen LogP contribution is 2.26. The van der Waals surface area contributed by atoms with Gasteiger partial charge in [-0.15, -0.1) is 0 Å². The Morgan fingerprint density at radius 3 is 2.22 bits per heavy atom. The van der Waals surface area contributed by atoms with Gasteiger partial charge >= 0.3 is 0 Å². The van der Waals surface area contributed by atoms with E-state index < -0.39 is 10.0 Å². The second-order valence-corrected chi connectivity index (χ2v) is 11.4. The van der Waals surface area contributed by atoms with E-state index in [-0.39, 0.29) is 23.4 Å². The second kappa shape index (κ2) is 11.2. The number of hydrogen-bond acceptors (Lipinski definition) is 4. The molecule has 1 fully saturated rings. The zero-order chi connectivity index (χ0) is 25.7. The fraction of sp³-hybridized carbons (Fsp3) is 0.345. The Hall–Kier alpha value is -3.32. The molecule has 0 radical (unpaired) electrons. The standard InChI is InChI=1S/C29H35N3O3S/c1-22-12-15-27(20-23(22)2)32(36(34,35)28-10-6-4-7-11-28)21-29(33)30-24(3)25-13-16-26(17-14-25)31-18-8-5-9-19-31/h4,6-7,10-17,20,24H,5,8-9,18-19,21H2,1-3H3,(H,30,33). The van der Waals surface area contributed by atoms with Gasteiger partial charge in [-0.25, -0.2) is 8.42 Å². The first-order valence-corrected chi connectivity index (χ1v) is 14.0. The molecule has 36 heavy (non-hydrogen) atoms. The van der Waals surface area contributed by atoms with Crippen LogP contribution in [0.1, 0.15) is 48.9 Å². The fourth-order valence-electron chi connectivity index (χ4n) is 4.54. The lowest BCUT2D eigenvalue weighted by atomic mass is 10.1. The van der Waals surface area contributed by atoms with E-state index in [0.717, 1.165) is 29.8 Å². The van der Waals surface area contributed by atoms with Crippen molar-refractivity contribution >= 4 is 27.3 Å². The maximum absolute atomic E-state index is 13.5. The minimum Gasteiger partial charge on any atom is -0.372 e. The maximum Gasteiger partial charge on any atom is 0.264 e. The van der Waals surface area contributed by atoms with Gasteiger partial charge in [0.25, 0.3) is 10.0 Å². The van der Waals surface area contributed by atoms with E-state index in [1.807, 2.05) is 45.0 Å². The van der Waals surface area contributed by atoms with E-state index in [4.69, 9.17) is 0 Å². The van der Waals surface area contributed by atoms with Crippen molar-refractivity contribution in [3.63, 3.8) is 0 Å². The van der Waals surface area contributed by atoms with Gasteiger partial charge in [-0.1, -0.05) is 36.4 Å². The average molecular weight is 506 g/mol. The summed E-state index contributed by atoms with van der Waals surface area (Å²) in [5, 5.41) is 2.99. The Bertz CT molecular complexity index is 1290. The van der Waals surface area contributed by atoms with Crippen LogP contribution in [0.2, 0.25) is 0 Å². The molecule has 1 unspecified atom stereocenters. The molecule has 190 valence electrons. The van der Waals surface area contributed by atoms with Crippen molar-refractivity contribution in [2.75, 3.05) is 28.8 Å². The number of nitrogens with one attached hydrogen (secondary N) is 1. The van der Waals surface area contributed by atoms with E-state index in [0.29, 0.717) is 5.69 Å². The van der Waals surface area contributed by atoms with E-state index in [9.17, 15) is 13.2 Å². The van der Waals surface area contributed by atoms with Crippen LogP contribution >= 0.6 is 0 Å². The van der Waals surface area contributed by atoms with Crippen LogP contribution in [0.15, 0.2) is 77.7 Å². The van der Waals surface area contributed by atoms with Crippen LogP contribution in [0.25, 0.3) is 0 Å². The molecule has 0 spiro atoms. The molecule has 4 rings (SSSR count). The molecule has 1 atom stereocenters. The van der Waals surface area contributed by atoms with Crippen LogP contribution in [0.5, 0.6) is 0 Å². The molecule has 3 aromatic rings. The molecule has 0 saturated carbocycles. The molecule has 0 aliphatic carbocycles. The van der Waals surface area contributed by atoms with Crippen molar-refractivity contribution in [1.29, 1.82) is 0 Å². The van der Waals surface area contributed by atoms with Crippen molar-refractivity contribution in [1.82, 2.24) is 5.32 Å². The Morgan fingerprint density at radius 1 is 0.917 bits per heavy atom. The summed E-state index contributed by atoms with van der Waals surface area (Å²) in [5.41, 5.74) is 4.67. The SMILES string of the molecule is Cc1ccc(N(CC(=O)NC(C)c2ccc(N3CCCCC3)cc2)S(=O)(=O)c2ccccc2)cc1C. The molecule has 0 bridgehead atoms. The van der Waals surface area contributed by atoms with Gasteiger partial charge in [0.2, 0.25) is 5.91 Å². The smallest absolute Gasteiger partial charge is 0.264 e. The Morgan fingerprint density at radius 2 is 1.58 bits per heavy atom. The number of anilines is 2. The molecule has 1 heterocycles. The monoisotopic (exact) mass is 505 g/mol. The molecule has 1 aliphatic rings. The van der Waals surface area contributed by atoms with Crippen LogP contribution in [-0.2, 0) is 14.8 Å². The summed E-state index contributed by atoms with van der Waals surface area (Å²) in [6.45, 7) is 7.67. The summed E-state index contributed by atoms with van der Waals surface area (Å²) in [7, 11) is -3.93. The zero-order valence-electron chi connectivity index (χ0n) is 21.3. The van der Waals surface area contributed by atoms with Gasteiger partial charge in [-0.2, -0.15) is 0 Å². The summed E-state index contributed by atoms with van der Waals surface area (Å²) in [6, 6.07) is 21.7. The number of nitrogens with zero attached hydrogens (tertiary/aromatic N) is 2. The minimum atomic E-state index is -3.93. The van der Waals surface area contributed by atoms with E-state index in [2.05, 4.69) is 22.3 Å². The third-order valence-electron chi connectivity index (χ3n) is 6.89. The molecule has 7 heteroatoms. The number of carbonyl (C=O) groups excluding carboxylic acids is 1. The maximum atomic E-state index is 13.5. The van der Waals surface area contributed by atoms with Gasteiger partial charge in [0.15, 0.2) is 0 Å². The summed E-state index contributed by atoms with van der Waals surface area (Å²) in [5.74, 6) is -0.361. The Labute approximate surface area is 215 Å². The van der Waals surface area contributed by atoms with Gasteiger partial charge in [0.05, 0.1) is 16.6 Å². The lowest BCUT2D eigenvalue weighted by molar-refractivity contribution is -0.120. The first-order chi connectivity index (χ1) is 17.3. The fourth-order valence-corrected chi connectivity index (χ4v) is 5.98. The van der Waals surface area contributed by atoms with Crippen molar-refractivity contribution < 1.29 is 13.2 Å². The predicted molar refractivity (Wildman–Crippen MR) is 146 cm³/mol. The number of carbonyl (C=O) groups is 1. The molecule has 1 aliphatic heterocycles. The highest BCUT2D eigenvalue weighted by molar-refractivity contribution is 7.92. The van der Waals surface area contributed by atoms with Gasteiger partial charge in [-0.3, -0.25) is 9.10 Å². The van der Waals surface area contributed by atoms with Gasteiger partial charge < -0.3 is 10.2 Å². The van der Waals surface area contributed by atoms with E-state index in [1.165, 1.54) is 29.3 Å². The lowest BCUT2D eigenvalue weighted by Gasteiger charge is -2.29. The van der Waals surface area contributed by atoms with Crippen molar-refractivity contribution in [2.45, 2.75) is 51.0 Å². The quantitative estimate of drug-likeness (QED) is 0.447. The van der Waals surface area contributed by atoms with Gasteiger partial charge in [0.1, 0.15) is 6.54 Å². The summed E-state index contributed by atoms with van der Waals surface area (Å²) >= 11 is 0. The van der Waals surface area contributed by atoms with Crippen LogP contribution in [-0.4, -0.2) is 34.0 Å². The summed E-state index contributed by atoms with van der Waals surface area (Å²) < 4.78 is 28.3.